The predicted molar refractivity (Wildman–Crippen MR) is 68.0 cm³/mol. The minimum absolute atomic E-state index is 0.422. The van der Waals surface area contributed by atoms with Crippen LogP contribution in [0.25, 0.3) is 0 Å². The summed E-state index contributed by atoms with van der Waals surface area (Å²) >= 11 is 3.31. The van der Waals surface area contributed by atoms with Gasteiger partial charge in [0.25, 0.3) is 0 Å². The number of carbonyl (C=O) groups is 1. The van der Waals surface area contributed by atoms with E-state index in [9.17, 15) is 4.79 Å². The lowest BCUT2D eigenvalue weighted by atomic mass is 10.2. The van der Waals surface area contributed by atoms with Crippen molar-refractivity contribution in [3.63, 3.8) is 0 Å². The van der Waals surface area contributed by atoms with Gasteiger partial charge < -0.3 is 11.1 Å². The summed E-state index contributed by atoms with van der Waals surface area (Å²) in [5.41, 5.74) is 6.37. The van der Waals surface area contributed by atoms with Crippen LogP contribution in [0.1, 0.15) is 10.4 Å². The van der Waals surface area contributed by atoms with Crippen molar-refractivity contribution in [2.75, 3.05) is 5.32 Å². The van der Waals surface area contributed by atoms with Crippen molar-refractivity contribution in [3.05, 3.63) is 46.8 Å². The fourth-order valence-corrected chi connectivity index (χ4v) is 1.81. The Bertz CT molecular complexity index is 544. The molecule has 1 amide bonds. The summed E-state index contributed by atoms with van der Waals surface area (Å²) in [6.07, 6.45) is 4.75. The molecular weight excluding hydrogens is 284 g/mol. The van der Waals surface area contributed by atoms with Gasteiger partial charge in [-0.05, 0) is 18.2 Å². The first-order chi connectivity index (χ1) is 8.15. The average Bonchev–Trinajstić information content (AvgIpc) is 2.29. The number of benzene rings is 1. The number of carbonyl (C=O) groups excluding carboxylic acids is 1. The highest BCUT2D eigenvalue weighted by Crippen LogP contribution is 2.21. The highest BCUT2D eigenvalue weighted by molar-refractivity contribution is 9.10. The number of aromatic nitrogens is 2. The van der Waals surface area contributed by atoms with Crippen LogP contribution in [0.5, 0.6) is 0 Å². The topological polar surface area (TPSA) is 80.9 Å². The third-order valence-electron chi connectivity index (χ3n) is 2.02. The molecule has 1 aromatic carbocycles. The Morgan fingerprint density at radius 2 is 2.12 bits per heavy atom. The van der Waals surface area contributed by atoms with Gasteiger partial charge in [0.1, 0.15) is 5.82 Å². The second-order valence-corrected chi connectivity index (χ2v) is 4.22. The third kappa shape index (κ3) is 3.01. The Balaban J connectivity index is 2.30. The van der Waals surface area contributed by atoms with E-state index < -0.39 is 5.91 Å². The molecule has 1 aromatic heterocycles. The summed E-state index contributed by atoms with van der Waals surface area (Å²) in [6.45, 7) is 0. The molecule has 0 aliphatic carbocycles. The maximum absolute atomic E-state index is 11.1. The third-order valence-corrected chi connectivity index (χ3v) is 2.48. The molecule has 0 bridgehead atoms. The fourth-order valence-electron chi connectivity index (χ4n) is 1.32. The van der Waals surface area contributed by atoms with E-state index in [1.807, 2.05) is 6.07 Å². The van der Waals surface area contributed by atoms with Gasteiger partial charge in [0, 0.05) is 28.1 Å². The molecule has 2 rings (SSSR count). The van der Waals surface area contributed by atoms with Crippen LogP contribution in [-0.2, 0) is 0 Å². The highest BCUT2D eigenvalue weighted by atomic mass is 79.9. The number of amides is 1. The molecule has 17 heavy (non-hydrogen) atoms. The molecule has 0 radical (unpaired) electrons. The van der Waals surface area contributed by atoms with Crippen LogP contribution in [-0.4, -0.2) is 15.9 Å². The minimum Gasteiger partial charge on any atom is -0.366 e. The molecule has 1 heterocycles. The van der Waals surface area contributed by atoms with Gasteiger partial charge in [-0.25, -0.2) is 4.98 Å². The van der Waals surface area contributed by atoms with Crippen molar-refractivity contribution in [3.8, 4) is 0 Å². The van der Waals surface area contributed by atoms with Crippen LogP contribution < -0.4 is 11.1 Å². The predicted octanol–water partition coefficient (Wildman–Crippen LogP) is 2.08. The molecule has 0 aliphatic rings. The largest absolute Gasteiger partial charge is 0.366 e. The van der Waals surface area contributed by atoms with E-state index in [1.54, 1.807) is 30.7 Å². The van der Waals surface area contributed by atoms with Crippen molar-refractivity contribution in [1.29, 1.82) is 0 Å². The Labute approximate surface area is 106 Å². The van der Waals surface area contributed by atoms with Crippen molar-refractivity contribution >= 4 is 33.3 Å². The fraction of sp³-hybridized carbons (Fsp3) is 0. The lowest BCUT2D eigenvalue weighted by Crippen LogP contribution is -2.11. The lowest BCUT2D eigenvalue weighted by molar-refractivity contribution is 0.100. The lowest BCUT2D eigenvalue weighted by Gasteiger charge is -2.06. The van der Waals surface area contributed by atoms with Gasteiger partial charge >= 0.3 is 0 Å². The zero-order valence-corrected chi connectivity index (χ0v) is 10.3. The van der Waals surface area contributed by atoms with E-state index >= 15 is 0 Å². The Morgan fingerprint density at radius 3 is 2.76 bits per heavy atom. The first-order valence-electron chi connectivity index (χ1n) is 4.78. The van der Waals surface area contributed by atoms with E-state index in [-0.39, 0.29) is 0 Å². The normalized spacial score (nSPS) is 9.94. The summed E-state index contributed by atoms with van der Waals surface area (Å²) in [5, 5.41) is 3.03. The maximum Gasteiger partial charge on any atom is 0.248 e. The van der Waals surface area contributed by atoms with E-state index in [0.29, 0.717) is 17.1 Å². The van der Waals surface area contributed by atoms with Gasteiger partial charge in [-0.3, -0.25) is 9.78 Å². The smallest absolute Gasteiger partial charge is 0.248 e. The molecule has 2 aromatic rings. The molecule has 0 spiro atoms. The first-order valence-corrected chi connectivity index (χ1v) is 5.58. The summed E-state index contributed by atoms with van der Waals surface area (Å²) < 4.78 is 0.764. The molecule has 0 unspecified atom stereocenters. The number of halogens is 1. The van der Waals surface area contributed by atoms with Crippen molar-refractivity contribution < 1.29 is 4.79 Å². The molecule has 0 aliphatic heterocycles. The van der Waals surface area contributed by atoms with Crippen molar-refractivity contribution in [2.24, 2.45) is 5.73 Å². The van der Waals surface area contributed by atoms with Crippen LogP contribution in [0.4, 0.5) is 11.5 Å². The van der Waals surface area contributed by atoms with Gasteiger partial charge in [-0.2, -0.15) is 0 Å². The molecule has 0 saturated heterocycles. The monoisotopic (exact) mass is 292 g/mol. The van der Waals surface area contributed by atoms with Gasteiger partial charge in [-0.15, -0.1) is 0 Å². The quantitative estimate of drug-likeness (QED) is 0.908. The summed E-state index contributed by atoms with van der Waals surface area (Å²) in [4.78, 5) is 19.1. The Hall–Kier alpha value is -1.95. The van der Waals surface area contributed by atoms with Crippen molar-refractivity contribution in [1.82, 2.24) is 9.97 Å². The van der Waals surface area contributed by atoms with Crippen molar-refractivity contribution in [2.45, 2.75) is 0 Å². The number of nitrogens with two attached hydrogens (primary N) is 1. The van der Waals surface area contributed by atoms with Crippen LogP contribution >= 0.6 is 15.9 Å². The molecule has 5 nitrogen and oxygen atoms in total. The first kappa shape index (κ1) is 11.5. The number of nitrogens with one attached hydrogen (secondary N) is 1. The highest BCUT2D eigenvalue weighted by Gasteiger charge is 2.04. The number of hydrogen-bond donors (Lipinski definition) is 2. The van der Waals surface area contributed by atoms with Gasteiger partial charge in [0.2, 0.25) is 5.91 Å². The maximum atomic E-state index is 11.1. The second kappa shape index (κ2) is 4.92. The van der Waals surface area contributed by atoms with Crippen LogP contribution in [0.2, 0.25) is 0 Å². The molecule has 3 N–H and O–H groups in total. The number of rotatable bonds is 3. The van der Waals surface area contributed by atoms with E-state index in [1.165, 1.54) is 0 Å². The van der Waals surface area contributed by atoms with E-state index in [2.05, 4.69) is 31.2 Å². The van der Waals surface area contributed by atoms with Gasteiger partial charge in [-0.1, -0.05) is 15.9 Å². The standard InChI is InChI=1S/C11H9BrN4O/c12-8-3-7(11(13)17)4-9(5-8)16-10-6-14-1-2-15-10/h1-6H,(H2,13,17)(H,15,16). The number of nitrogens with zero attached hydrogens (tertiary/aromatic N) is 2. The van der Waals surface area contributed by atoms with Crippen LogP contribution in [0.3, 0.4) is 0 Å². The summed E-state index contributed by atoms with van der Waals surface area (Å²) in [6, 6.07) is 5.13. The molecule has 86 valence electrons. The van der Waals surface area contributed by atoms with E-state index in [4.69, 9.17) is 5.73 Å². The van der Waals surface area contributed by atoms with E-state index in [0.717, 1.165) is 4.47 Å². The minimum atomic E-state index is -0.478. The second-order valence-electron chi connectivity index (χ2n) is 3.31. The SMILES string of the molecule is NC(=O)c1cc(Br)cc(Nc2cnccn2)c1. The van der Waals surface area contributed by atoms with Crippen LogP contribution in [0, 0.1) is 0 Å². The molecular formula is C11H9BrN4O. The summed E-state index contributed by atoms with van der Waals surface area (Å²) in [5.74, 6) is 0.120. The Morgan fingerprint density at radius 1 is 1.29 bits per heavy atom. The zero-order chi connectivity index (χ0) is 12.3. The number of hydrogen-bond acceptors (Lipinski definition) is 4. The number of primary amides is 1. The number of anilines is 2. The summed E-state index contributed by atoms with van der Waals surface area (Å²) in [7, 11) is 0. The zero-order valence-electron chi connectivity index (χ0n) is 8.72. The molecule has 6 heteroatoms. The van der Waals surface area contributed by atoms with Gasteiger partial charge in [0.05, 0.1) is 6.20 Å². The molecule has 0 fully saturated rings. The molecule has 0 saturated carbocycles. The van der Waals surface area contributed by atoms with Crippen LogP contribution in [0.15, 0.2) is 41.3 Å². The average molecular weight is 293 g/mol. The van der Waals surface area contributed by atoms with Gasteiger partial charge in [0.15, 0.2) is 0 Å². The Kier molecular flexibility index (Phi) is 3.34. The molecule has 0 atom stereocenters.